The van der Waals surface area contributed by atoms with E-state index in [9.17, 15) is 19.5 Å². The van der Waals surface area contributed by atoms with Crippen molar-refractivity contribution in [2.24, 2.45) is 0 Å². The maximum atomic E-state index is 13.5. The van der Waals surface area contributed by atoms with E-state index in [4.69, 9.17) is 11.6 Å². The number of ketones is 3. The number of fused-ring (bicyclic) bond motifs is 1. The van der Waals surface area contributed by atoms with Gasteiger partial charge in [-0.2, -0.15) is 0 Å². The molecular weight excluding hydrogens is 388 g/mol. The Morgan fingerprint density at radius 1 is 0.862 bits per heavy atom. The van der Waals surface area contributed by atoms with Gasteiger partial charge in [-0.1, -0.05) is 29.3 Å². The van der Waals surface area contributed by atoms with E-state index in [1.165, 1.54) is 18.2 Å². The van der Waals surface area contributed by atoms with Crippen molar-refractivity contribution in [1.82, 2.24) is 0 Å². The first kappa shape index (κ1) is 18.1. The molecule has 1 N–H and O–H groups in total. The topological polar surface area (TPSA) is 71.4 Å². The van der Waals surface area contributed by atoms with Gasteiger partial charge in [0.15, 0.2) is 17.3 Å². The first-order chi connectivity index (χ1) is 14.0. The molecule has 0 spiro atoms. The molecule has 2 aromatic rings. The molecule has 1 unspecified atom stereocenters. The zero-order chi connectivity index (χ0) is 20.3. The standard InChI is InChI=1S/C24H17ClO4/c25-14-6-4-12(5-7-14)21-20-13(2-1-3-19(20)27)10-18-22(21)24(29)17-11-15(26)8-9-16(17)23(18)28/h4-9,11,21,26H,1-3,10H2. The summed E-state index contributed by atoms with van der Waals surface area (Å²) >= 11 is 6.05. The fourth-order valence-corrected chi connectivity index (χ4v) is 4.92. The number of hydrogen-bond donors (Lipinski definition) is 1. The zero-order valence-electron chi connectivity index (χ0n) is 15.5. The third-order valence-electron chi connectivity index (χ3n) is 6.07. The lowest BCUT2D eigenvalue weighted by Gasteiger charge is -2.36. The van der Waals surface area contributed by atoms with Gasteiger partial charge in [-0.25, -0.2) is 0 Å². The van der Waals surface area contributed by atoms with E-state index in [0.29, 0.717) is 40.1 Å². The van der Waals surface area contributed by atoms with Crippen molar-refractivity contribution in [3.63, 3.8) is 0 Å². The third-order valence-corrected chi connectivity index (χ3v) is 6.32. The maximum absolute atomic E-state index is 13.5. The van der Waals surface area contributed by atoms with Crippen LogP contribution in [0.2, 0.25) is 5.02 Å². The highest BCUT2D eigenvalue weighted by atomic mass is 35.5. The van der Waals surface area contributed by atoms with Crippen molar-refractivity contribution in [2.45, 2.75) is 31.6 Å². The SMILES string of the molecule is O=C1CCCC2=C1C(c1ccc(Cl)cc1)C1=C(C2)C(=O)c2ccc(O)cc2C1=O. The van der Waals surface area contributed by atoms with Gasteiger partial charge in [0.25, 0.3) is 0 Å². The second-order valence-electron chi connectivity index (χ2n) is 7.74. The fraction of sp³-hybridized carbons (Fsp3) is 0.208. The lowest BCUT2D eigenvalue weighted by atomic mass is 9.65. The van der Waals surface area contributed by atoms with E-state index < -0.39 is 5.92 Å². The number of hydrogen-bond acceptors (Lipinski definition) is 4. The lowest BCUT2D eigenvalue weighted by Crippen LogP contribution is -2.33. The quantitative estimate of drug-likeness (QED) is 0.729. The number of phenolic OH excluding ortho intramolecular Hbond substituents is 1. The second-order valence-corrected chi connectivity index (χ2v) is 8.17. The summed E-state index contributed by atoms with van der Waals surface area (Å²) in [4.78, 5) is 39.7. The Morgan fingerprint density at radius 3 is 2.38 bits per heavy atom. The van der Waals surface area contributed by atoms with Crippen LogP contribution in [0.1, 0.15) is 57.9 Å². The molecule has 0 saturated carbocycles. The highest BCUT2D eigenvalue weighted by Crippen LogP contribution is 2.49. The van der Waals surface area contributed by atoms with Crippen LogP contribution in [0.3, 0.4) is 0 Å². The van der Waals surface area contributed by atoms with E-state index in [0.717, 1.165) is 24.0 Å². The molecule has 0 bridgehead atoms. The summed E-state index contributed by atoms with van der Waals surface area (Å²) in [5.41, 5.74) is 3.73. The molecule has 5 rings (SSSR count). The van der Waals surface area contributed by atoms with Crippen molar-refractivity contribution in [1.29, 1.82) is 0 Å². The minimum atomic E-state index is -0.578. The summed E-state index contributed by atoms with van der Waals surface area (Å²) in [5.74, 6) is -1.10. The molecule has 0 aliphatic heterocycles. The number of Topliss-reactive ketones (excluding diaryl/α,β-unsaturated/α-hetero) is 3. The van der Waals surface area contributed by atoms with Crippen LogP contribution in [-0.2, 0) is 4.79 Å². The number of aromatic hydroxyl groups is 1. The molecule has 0 heterocycles. The molecule has 5 heteroatoms. The van der Waals surface area contributed by atoms with Crippen LogP contribution < -0.4 is 0 Å². The molecule has 0 radical (unpaired) electrons. The largest absolute Gasteiger partial charge is 0.508 e. The molecule has 0 saturated heterocycles. The number of carbonyl (C=O) groups is 3. The average molecular weight is 405 g/mol. The van der Waals surface area contributed by atoms with Crippen LogP contribution in [0, 0.1) is 0 Å². The number of halogens is 1. The van der Waals surface area contributed by atoms with Gasteiger partial charge in [-0.15, -0.1) is 0 Å². The summed E-state index contributed by atoms with van der Waals surface area (Å²) < 4.78 is 0. The summed E-state index contributed by atoms with van der Waals surface area (Å²) in [5, 5.41) is 10.4. The number of benzene rings is 2. The van der Waals surface area contributed by atoms with Crippen LogP contribution in [0.4, 0.5) is 0 Å². The Hall–Kier alpha value is -2.98. The van der Waals surface area contributed by atoms with Crippen LogP contribution in [0.15, 0.2) is 64.8 Å². The Morgan fingerprint density at radius 2 is 1.62 bits per heavy atom. The smallest absolute Gasteiger partial charge is 0.191 e. The summed E-state index contributed by atoms with van der Waals surface area (Å²) in [6, 6.07) is 11.3. The number of phenols is 1. The van der Waals surface area contributed by atoms with Gasteiger partial charge in [0.2, 0.25) is 0 Å². The van der Waals surface area contributed by atoms with Gasteiger partial charge < -0.3 is 5.11 Å². The zero-order valence-corrected chi connectivity index (χ0v) is 16.3. The summed E-state index contributed by atoms with van der Waals surface area (Å²) in [7, 11) is 0. The predicted octanol–water partition coefficient (Wildman–Crippen LogP) is 4.96. The van der Waals surface area contributed by atoms with Gasteiger partial charge in [-0.3, -0.25) is 14.4 Å². The minimum Gasteiger partial charge on any atom is -0.508 e. The number of rotatable bonds is 1. The van der Waals surface area contributed by atoms with Crippen molar-refractivity contribution in [3.8, 4) is 5.75 Å². The van der Waals surface area contributed by atoms with Crippen molar-refractivity contribution >= 4 is 29.0 Å². The Kier molecular flexibility index (Phi) is 4.07. The molecule has 1 atom stereocenters. The molecule has 3 aliphatic carbocycles. The second kappa shape index (κ2) is 6.53. The third kappa shape index (κ3) is 2.70. The molecule has 3 aliphatic rings. The number of carbonyl (C=O) groups excluding carboxylic acids is 3. The van der Waals surface area contributed by atoms with Crippen LogP contribution in [0.5, 0.6) is 5.75 Å². The van der Waals surface area contributed by atoms with Crippen molar-refractivity contribution in [3.05, 3.63) is 86.5 Å². The monoisotopic (exact) mass is 404 g/mol. The minimum absolute atomic E-state index is 0.0414. The normalized spacial score (nSPS) is 21.1. The Balaban J connectivity index is 1.76. The van der Waals surface area contributed by atoms with Crippen molar-refractivity contribution < 1.29 is 19.5 Å². The molecule has 0 aromatic heterocycles. The average Bonchev–Trinajstić information content (AvgIpc) is 2.71. The van der Waals surface area contributed by atoms with E-state index in [2.05, 4.69) is 0 Å². The van der Waals surface area contributed by atoms with Gasteiger partial charge >= 0.3 is 0 Å². The highest BCUT2D eigenvalue weighted by Gasteiger charge is 2.44. The molecular formula is C24H17ClO4. The maximum Gasteiger partial charge on any atom is 0.191 e. The summed E-state index contributed by atoms with van der Waals surface area (Å²) in [6.07, 6.45) is 2.31. The van der Waals surface area contributed by atoms with Crippen molar-refractivity contribution in [2.75, 3.05) is 0 Å². The molecule has 29 heavy (non-hydrogen) atoms. The van der Waals surface area contributed by atoms with E-state index in [-0.39, 0.29) is 28.7 Å². The van der Waals surface area contributed by atoms with Crippen LogP contribution in [-0.4, -0.2) is 22.5 Å². The molecule has 2 aromatic carbocycles. The Labute approximate surface area is 172 Å². The Bertz CT molecular complexity index is 1170. The molecule has 144 valence electrons. The predicted molar refractivity (Wildman–Crippen MR) is 108 cm³/mol. The van der Waals surface area contributed by atoms with E-state index in [1.54, 1.807) is 12.1 Å². The van der Waals surface area contributed by atoms with Gasteiger partial charge in [-0.05, 0) is 55.2 Å². The molecule has 4 nitrogen and oxygen atoms in total. The van der Waals surface area contributed by atoms with Crippen LogP contribution in [0.25, 0.3) is 0 Å². The first-order valence-electron chi connectivity index (χ1n) is 9.61. The highest BCUT2D eigenvalue weighted by molar-refractivity contribution is 6.30. The molecule has 0 fully saturated rings. The molecule has 0 amide bonds. The van der Waals surface area contributed by atoms with E-state index in [1.807, 2.05) is 12.1 Å². The van der Waals surface area contributed by atoms with Crippen LogP contribution >= 0.6 is 11.6 Å². The lowest BCUT2D eigenvalue weighted by molar-refractivity contribution is -0.116. The van der Waals surface area contributed by atoms with Gasteiger partial charge in [0.05, 0.1) is 0 Å². The van der Waals surface area contributed by atoms with E-state index >= 15 is 0 Å². The first-order valence-corrected chi connectivity index (χ1v) is 9.99. The fourth-order valence-electron chi connectivity index (χ4n) is 4.79. The van der Waals surface area contributed by atoms with Gasteiger partial charge in [0.1, 0.15) is 5.75 Å². The number of allylic oxidation sites excluding steroid dienone is 4. The van der Waals surface area contributed by atoms with Gasteiger partial charge in [0, 0.05) is 45.2 Å². The summed E-state index contributed by atoms with van der Waals surface area (Å²) in [6.45, 7) is 0.